The van der Waals surface area contributed by atoms with Crippen LogP contribution in [-0.4, -0.2) is 28.1 Å². The monoisotopic (exact) mass is 229 g/mol. The maximum atomic E-state index is 11.2. The first-order valence-electron chi connectivity index (χ1n) is 4.22. The Morgan fingerprint density at radius 1 is 1.60 bits per heavy atom. The maximum Gasteiger partial charge on any atom is 0.325 e. The molecule has 0 aromatic carbocycles. The van der Waals surface area contributed by atoms with Gasteiger partial charge in [0.25, 0.3) is 0 Å². The molecule has 0 fully saturated rings. The minimum atomic E-state index is -1.08. The number of rotatable bonds is 3. The molecule has 1 heterocycles. The average molecular weight is 229 g/mol. The van der Waals surface area contributed by atoms with E-state index in [1.807, 2.05) is 6.92 Å². The van der Waals surface area contributed by atoms with Crippen LogP contribution in [0.1, 0.15) is 11.8 Å². The zero-order valence-corrected chi connectivity index (χ0v) is 9.09. The van der Waals surface area contributed by atoms with Gasteiger partial charge in [-0.25, -0.2) is 9.78 Å². The predicted octanol–water partition coefficient (Wildman–Crippen LogP) is 1.05. The van der Waals surface area contributed by atoms with Gasteiger partial charge >= 0.3 is 12.0 Å². The smallest absolute Gasteiger partial charge is 0.325 e. The molecule has 1 aromatic rings. The summed E-state index contributed by atoms with van der Waals surface area (Å²) in [5.74, 6) is -1.08. The number of aryl methyl sites for hydroxylation is 1. The van der Waals surface area contributed by atoms with Gasteiger partial charge in [-0.3, -0.25) is 10.1 Å². The number of hydrogen-bond donors (Lipinski definition) is 3. The number of carbonyl (C=O) groups excluding carboxylic acids is 1. The van der Waals surface area contributed by atoms with E-state index in [-0.39, 0.29) is 0 Å². The molecule has 3 N–H and O–H groups in total. The highest BCUT2D eigenvalue weighted by atomic mass is 32.1. The van der Waals surface area contributed by atoms with E-state index < -0.39 is 18.0 Å². The third-order valence-electron chi connectivity index (χ3n) is 1.56. The Bertz CT molecular complexity index is 377. The lowest BCUT2D eigenvalue weighted by Crippen LogP contribution is -2.40. The average Bonchev–Trinajstić information content (AvgIpc) is 2.50. The molecule has 7 heteroatoms. The standard InChI is InChI=1S/C8H11N3O3S/c1-4-3-9-8(15-4)11-7(14)10-5(2)6(12)13/h3,5H,1-2H3,(H,12,13)(H2,9,10,11,14)/t5-/m0/s1. The van der Waals surface area contributed by atoms with Gasteiger partial charge in [0.15, 0.2) is 5.13 Å². The van der Waals surface area contributed by atoms with Gasteiger partial charge < -0.3 is 10.4 Å². The first kappa shape index (κ1) is 11.4. The van der Waals surface area contributed by atoms with Crippen molar-refractivity contribution in [3.8, 4) is 0 Å². The molecule has 0 bridgehead atoms. The molecule has 0 unspecified atom stereocenters. The highest BCUT2D eigenvalue weighted by Gasteiger charge is 2.14. The zero-order valence-electron chi connectivity index (χ0n) is 8.27. The molecule has 2 amide bonds. The second-order valence-corrected chi connectivity index (χ2v) is 4.17. The van der Waals surface area contributed by atoms with Crippen molar-refractivity contribution in [3.05, 3.63) is 11.1 Å². The number of hydrogen-bond acceptors (Lipinski definition) is 4. The molecule has 0 saturated heterocycles. The number of aliphatic carboxylic acids is 1. The van der Waals surface area contributed by atoms with Crippen molar-refractivity contribution in [2.75, 3.05) is 5.32 Å². The van der Waals surface area contributed by atoms with Crippen LogP contribution >= 0.6 is 11.3 Å². The van der Waals surface area contributed by atoms with E-state index in [9.17, 15) is 9.59 Å². The summed E-state index contributed by atoms with van der Waals surface area (Å²) in [7, 11) is 0. The molecule has 1 rings (SSSR count). The van der Waals surface area contributed by atoms with Gasteiger partial charge in [-0.05, 0) is 13.8 Å². The minimum absolute atomic E-state index is 0.447. The summed E-state index contributed by atoms with van der Waals surface area (Å²) in [6, 6.07) is -1.50. The van der Waals surface area contributed by atoms with Crippen molar-refractivity contribution < 1.29 is 14.7 Å². The Kier molecular flexibility index (Phi) is 3.62. The largest absolute Gasteiger partial charge is 0.480 e. The molecule has 0 radical (unpaired) electrons. The van der Waals surface area contributed by atoms with E-state index in [1.165, 1.54) is 18.3 Å². The Morgan fingerprint density at radius 2 is 2.27 bits per heavy atom. The van der Waals surface area contributed by atoms with Crippen LogP contribution in [-0.2, 0) is 4.79 Å². The lowest BCUT2D eigenvalue weighted by atomic mass is 10.3. The van der Waals surface area contributed by atoms with Gasteiger partial charge in [0, 0.05) is 11.1 Å². The predicted molar refractivity (Wildman–Crippen MR) is 56.1 cm³/mol. The minimum Gasteiger partial charge on any atom is -0.480 e. The molecule has 0 saturated carbocycles. The van der Waals surface area contributed by atoms with Crippen molar-refractivity contribution in [2.24, 2.45) is 0 Å². The van der Waals surface area contributed by atoms with Gasteiger partial charge in [-0.15, -0.1) is 11.3 Å². The van der Waals surface area contributed by atoms with Gasteiger partial charge in [-0.1, -0.05) is 0 Å². The van der Waals surface area contributed by atoms with E-state index in [2.05, 4.69) is 15.6 Å². The molecule has 6 nitrogen and oxygen atoms in total. The number of nitrogens with zero attached hydrogens (tertiary/aromatic N) is 1. The van der Waals surface area contributed by atoms with Gasteiger partial charge in [0.2, 0.25) is 0 Å². The molecule has 1 aromatic heterocycles. The summed E-state index contributed by atoms with van der Waals surface area (Å²) >= 11 is 1.32. The summed E-state index contributed by atoms with van der Waals surface area (Å²) in [5, 5.41) is 13.7. The molecular weight excluding hydrogens is 218 g/mol. The van der Waals surface area contributed by atoms with Crippen LogP contribution in [0.4, 0.5) is 9.93 Å². The van der Waals surface area contributed by atoms with Gasteiger partial charge in [-0.2, -0.15) is 0 Å². The first-order chi connectivity index (χ1) is 6.99. The first-order valence-corrected chi connectivity index (χ1v) is 5.03. The van der Waals surface area contributed by atoms with Crippen molar-refractivity contribution >= 4 is 28.5 Å². The number of amides is 2. The van der Waals surface area contributed by atoms with Crippen LogP contribution in [0.3, 0.4) is 0 Å². The second-order valence-electron chi connectivity index (χ2n) is 2.93. The highest BCUT2D eigenvalue weighted by Crippen LogP contribution is 2.15. The molecule has 0 aliphatic rings. The third-order valence-corrected chi connectivity index (χ3v) is 2.39. The normalized spacial score (nSPS) is 11.9. The number of anilines is 1. The summed E-state index contributed by atoms with van der Waals surface area (Å²) in [5.41, 5.74) is 0. The van der Waals surface area contributed by atoms with Gasteiger partial charge in [0.1, 0.15) is 6.04 Å². The summed E-state index contributed by atoms with van der Waals surface area (Å²) in [4.78, 5) is 26.5. The van der Waals surface area contributed by atoms with E-state index in [1.54, 1.807) is 6.20 Å². The van der Waals surface area contributed by atoms with Crippen molar-refractivity contribution in [1.82, 2.24) is 10.3 Å². The molecule has 1 atom stereocenters. The fraction of sp³-hybridized carbons (Fsp3) is 0.375. The second kappa shape index (κ2) is 4.74. The van der Waals surface area contributed by atoms with E-state index in [0.717, 1.165) is 4.88 Å². The molecule has 82 valence electrons. The topological polar surface area (TPSA) is 91.3 Å². The number of nitrogens with one attached hydrogen (secondary N) is 2. The summed E-state index contributed by atoms with van der Waals surface area (Å²) in [6.07, 6.45) is 1.63. The van der Waals surface area contributed by atoms with Crippen LogP contribution in [0.25, 0.3) is 0 Å². The van der Waals surface area contributed by atoms with Crippen LogP contribution in [0.15, 0.2) is 6.20 Å². The van der Waals surface area contributed by atoms with E-state index in [0.29, 0.717) is 5.13 Å². The number of aromatic nitrogens is 1. The Hall–Kier alpha value is -1.63. The number of thiazole rings is 1. The lowest BCUT2D eigenvalue weighted by Gasteiger charge is -2.08. The summed E-state index contributed by atoms with van der Waals surface area (Å²) in [6.45, 7) is 3.25. The highest BCUT2D eigenvalue weighted by molar-refractivity contribution is 7.15. The quantitative estimate of drug-likeness (QED) is 0.722. The lowest BCUT2D eigenvalue weighted by molar-refractivity contribution is -0.138. The molecule has 15 heavy (non-hydrogen) atoms. The number of carbonyl (C=O) groups is 2. The molecule has 0 spiro atoms. The molecule has 0 aliphatic heterocycles. The number of carboxylic acids is 1. The van der Waals surface area contributed by atoms with Crippen LogP contribution in [0.5, 0.6) is 0 Å². The van der Waals surface area contributed by atoms with Crippen molar-refractivity contribution in [3.63, 3.8) is 0 Å². The SMILES string of the molecule is Cc1cnc(NC(=O)N[C@@H](C)C(=O)O)s1. The summed E-state index contributed by atoms with van der Waals surface area (Å²) < 4.78 is 0. The Morgan fingerprint density at radius 3 is 2.73 bits per heavy atom. The molecular formula is C8H11N3O3S. The molecule has 0 aliphatic carbocycles. The van der Waals surface area contributed by atoms with Crippen LogP contribution < -0.4 is 10.6 Å². The van der Waals surface area contributed by atoms with Crippen LogP contribution in [0.2, 0.25) is 0 Å². The third kappa shape index (κ3) is 3.55. The maximum absolute atomic E-state index is 11.2. The van der Waals surface area contributed by atoms with Crippen LogP contribution in [0, 0.1) is 6.92 Å². The van der Waals surface area contributed by atoms with Crippen molar-refractivity contribution in [1.29, 1.82) is 0 Å². The Balaban J connectivity index is 2.46. The van der Waals surface area contributed by atoms with E-state index in [4.69, 9.17) is 5.11 Å². The number of urea groups is 1. The fourth-order valence-electron chi connectivity index (χ4n) is 0.804. The van der Waals surface area contributed by atoms with Crippen molar-refractivity contribution in [2.45, 2.75) is 19.9 Å². The van der Waals surface area contributed by atoms with E-state index >= 15 is 0 Å². The zero-order chi connectivity index (χ0) is 11.4. The van der Waals surface area contributed by atoms with Gasteiger partial charge in [0.05, 0.1) is 0 Å². The Labute approximate surface area is 90.3 Å². The number of carboxylic acid groups (broad SMARTS) is 1. The fourth-order valence-corrected chi connectivity index (χ4v) is 1.46.